The van der Waals surface area contributed by atoms with Crippen LogP contribution in [0.25, 0.3) is 5.52 Å². The van der Waals surface area contributed by atoms with Crippen molar-refractivity contribution in [2.75, 3.05) is 19.4 Å². The third-order valence-electron chi connectivity index (χ3n) is 3.57. The molecule has 2 aromatic heterocycles. The molecule has 0 bridgehead atoms. The van der Waals surface area contributed by atoms with E-state index in [-0.39, 0.29) is 24.0 Å². The Morgan fingerprint density at radius 3 is 2.58 bits per heavy atom. The van der Waals surface area contributed by atoms with Crippen LogP contribution in [0.1, 0.15) is 24.3 Å². The number of aromatic nitrogens is 2. The molecule has 0 unspecified atom stereocenters. The minimum absolute atomic E-state index is 0.000617. The Labute approximate surface area is 140 Å². The van der Waals surface area contributed by atoms with Crippen LogP contribution in [0.2, 0.25) is 0 Å². The number of fused-ring (bicyclic) bond motifs is 1. The number of pyridine rings is 1. The SMILES string of the molecule is C[C@@H](O)CN(C(=O)c1nc(S(C)(=O)=O)n2ccccc12)[C@@H](C)CO. The molecule has 0 aromatic carbocycles. The number of imidazole rings is 1. The van der Waals surface area contributed by atoms with E-state index in [9.17, 15) is 23.4 Å². The van der Waals surface area contributed by atoms with Gasteiger partial charge in [0.15, 0.2) is 5.69 Å². The van der Waals surface area contributed by atoms with Gasteiger partial charge in [0.05, 0.1) is 24.3 Å². The van der Waals surface area contributed by atoms with Gasteiger partial charge in [-0.3, -0.25) is 9.20 Å². The summed E-state index contributed by atoms with van der Waals surface area (Å²) in [5, 5.41) is 18.8. The fourth-order valence-electron chi connectivity index (χ4n) is 2.41. The molecule has 0 spiro atoms. The first kappa shape index (κ1) is 18.4. The summed E-state index contributed by atoms with van der Waals surface area (Å²) in [4.78, 5) is 18.2. The first-order valence-corrected chi connectivity index (χ1v) is 9.33. The zero-order valence-electron chi connectivity index (χ0n) is 13.7. The van der Waals surface area contributed by atoms with Crippen LogP contribution >= 0.6 is 0 Å². The number of rotatable bonds is 6. The largest absolute Gasteiger partial charge is 0.394 e. The first-order chi connectivity index (χ1) is 11.2. The van der Waals surface area contributed by atoms with Crippen molar-refractivity contribution < 1.29 is 23.4 Å². The van der Waals surface area contributed by atoms with Gasteiger partial charge in [-0.2, -0.15) is 0 Å². The van der Waals surface area contributed by atoms with E-state index in [1.165, 1.54) is 22.4 Å². The lowest BCUT2D eigenvalue weighted by Gasteiger charge is -2.28. The van der Waals surface area contributed by atoms with Crippen LogP contribution in [0.4, 0.5) is 0 Å². The predicted octanol–water partition coefficient (Wildman–Crippen LogP) is -0.0584. The molecule has 2 atom stereocenters. The molecule has 2 N–H and O–H groups in total. The van der Waals surface area contributed by atoms with Gasteiger partial charge >= 0.3 is 0 Å². The quantitative estimate of drug-likeness (QED) is 0.751. The van der Waals surface area contributed by atoms with Gasteiger partial charge in [-0.1, -0.05) is 6.07 Å². The lowest BCUT2D eigenvalue weighted by Crippen LogP contribution is -2.44. The standard InChI is InChI=1S/C15H21N3O5S/c1-10(9-19)18(8-11(2)20)14(21)13-12-6-4-5-7-17(12)15(16-13)24(3,22)23/h4-7,10-11,19-20H,8-9H2,1-3H3/t10-,11+/m0/s1. The van der Waals surface area contributed by atoms with Crippen molar-refractivity contribution in [1.29, 1.82) is 0 Å². The first-order valence-electron chi connectivity index (χ1n) is 7.43. The predicted molar refractivity (Wildman–Crippen MR) is 87.6 cm³/mol. The van der Waals surface area contributed by atoms with E-state index in [1.807, 2.05) is 0 Å². The molecule has 2 rings (SSSR count). The van der Waals surface area contributed by atoms with Gasteiger partial charge in [-0.05, 0) is 26.0 Å². The molecule has 24 heavy (non-hydrogen) atoms. The van der Waals surface area contributed by atoms with Crippen LogP contribution < -0.4 is 0 Å². The number of sulfone groups is 1. The van der Waals surface area contributed by atoms with Crippen LogP contribution in [0.15, 0.2) is 29.6 Å². The van der Waals surface area contributed by atoms with E-state index in [2.05, 4.69) is 4.98 Å². The fourth-order valence-corrected chi connectivity index (χ4v) is 3.18. The summed E-state index contributed by atoms with van der Waals surface area (Å²) < 4.78 is 25.2. The summed E-state index contributed by atoms with van der Waals surface area (Å²) in [5.41, 5.74) is 0.320. The molecule has 2 heterocycles. The number of aliphatic hydroxyl groups is 2. The summed E-state index contributed by atoms with van der Waals surface area (Å²) in [7, 11) is -3.63. The molecule has 2 aromatic rings. The highest BCUT2D eigenvalue weighted by Gasteiger charge is 2.29. The van der Waals surface area contributed by atoms with Gasteiger partial charge in [-0.25, -0.2) is 13.4 Å². The minimum atomic E-state index is -3.63. The van der Waals surface area contributed by atoms with E-state index in [0.29, 0.717) is 5.52 Å². The fraction of sp³-hybridized carbons (Fsp3) is 0.467. The van der Waals surface area contributed by atoms with Crippen molar-refractivity contribution in [2.24, 2.45) is 0 Å². The lowest BCUT2D eigenvalue weighted by molar-refractivity contribution is 0.0469. The van der Waals surface area contributed by atoms with Crippen molar-refractivity contribution in [3.05, 3.63) is 30.1 Å². The van der Waals surface area contributed by atoms with Crippen molar-refractivity contribution in [1.82, 2.24) is 14.3 Å². The van der Waals surface area contributed by atoms with Crippen LogP contribution in [0, 0.1) is 0 Å². The van der Waals surface area contributed by atoms with Gasteiger partial charge in [0, 0.05) is 19.0 Å². The molecule has 0 radical (unpaired) electrons. The molecule has 0 saturated carbocycles. The van der Waals surface area contributed by atoms with Crippen LogP contribution in [-0.4, -0.2) is 70.4 Å². The molecule has 0 aliphatic heterocycles. The summed E-state index contributed by atoms with van der Waals surface area (Å²) in [5.74, 6) is -0.545. The minimum Gasteiger partial charge on any atom is -0.394 e. The van der Waals surface area contributed by atoms with Crippen molar-refractivity contribution in [2.45, 2.75) is 31.1 Å². The highest BCUT2D eigenvalue weighted by molar-refractivity contribution is 7.90. The Morgan fingerprint density at radius 1 is 1.38 bits per heavy atom. The number of hydrogen-bond acceptors (Lipinski definition) is 6. The molecule has 0 aliphatic rings. The number of carbonyl (C=O) groups excluding carboxylic acids is 1. The summed E-state index contributed by atoms with van der Waals surface area (Å²) in [6.45, 7) is 2.87. The van der Waals surface area contributed by atoms with Crippen LogP contribution in [0.5, 0.6) is 0 Å². The topological polar surface area (TPSA) is 112 Å². The van der Waals surface area contributed by atoms with Gasteiger partial charge in [-0.15, -0.1) is 0 Å². The van der Waals surface area contributed by atoms with Gasteiger partial charge in [0.2, 0.25) is 15.0 Å². The molecule has 0 aliphatic carbocycles. The highest BCUT2D eigenvalue weighted by atomic mass is 32.2. The van der Waals surface area contributed by atoms with E-state index < -0.39 is 27.9 Å². The maximum Gasteiger partial charge on any atom is 0.275 e. The second-order valence-electron chi connectivity index (χ2n) is 5.81. The monoisotopic (exact) mass is 355 g/mol. The number of nitrogens with zero attached hydrogens (tertiary/aromatic N) is 3. The zero-order valence-corrected chi connectivity index (χ0v) is 14.6. The molecule has 8 nitrogen and oxygen atoms in total. The van der Waals surface area contributed by atoms with Crippen LogP contribution in [-0.2, 0) is 9.84 Å². The van der Waals surface area contributed by atoms with Gasteiger partial charge < -0.3 is 15.1 Å². The van der Waals surface area contributed by atoms with E-state index >= 15 is 0 Å². The average Bonchev–Trinajstić information content (AvgIpc) is 2.91. The Kier molecular flexibility index (Phi) is 5.26. The van der Waals surface area contributed by atoms with Crippen LogP contribution in [0.3, 0.4) is 0 Å². The van der Waals surface area contributed by atoms with Crippen molar-refractivity contribution in [3.8, 4) is 0 Å². The Hall–Kier alpha value is -1.97. The average molecular weight is 355 g/mol. The number of carbonyl (C=O) groups is 1. The summed E-state index contributed by atoms with van der Waals surface area (Å²) in [6.07, 6.45) is 1.74. The normalized spacial score (nSPS) is 14.5. The smallest absolute Gasteiger partial charge is 0.275 e. The Bertz CT molecular complexity index is 844. The van der Waals surface area contributed by atoms with Crippen molar-refractivity contribution >= 4 is 21.3 Å². The van der Waals surface area contributed by atoms with E-state index in [1.54, 1.807) is 25.1 Å². The molecule has 0 saturated heterocycles. The van der Waals surface area contributed by atoms with Crippen molar-refractivity contribution in [3.63, 3.8) is 0 Å². The number of aliphatic hydroxyl groups excluding tert-OH is 2. The van der Waals surface area contributed by atoms with Gasteiger partial charge in [0.1, 0.15) is 0 Å². The number of hydrogen-bond donors (Lipinski definition) is 2. The highest BCUT2D eigenvalue weighted by Crippen LogP contribution is 2.19. The third kappa shape index (κ3) is 3.58. The van der Waals surface area contributed by atoms with Gasteiger partial charge in [0.25, 0.3) is 5.91 Å². The molecular weight excluding hydrogens is 334 g/mol. The Morgan fingerprint density at radius 2 is 2.04 bits per heavy atom. The van der Waals surface area contributed by atoms with E-state index in [4.69, 9.17) is 0 Å². The maximum atomic E-state index is 12.9. The molecule has 0 fully saturated rings. The third-order valence-corrected chi connectivity index (χ3v) is 4.52. The second-order valence-corrected chi connectivity index (χ2v) is 7.72. The Balaban J connectivity index is 2.60. The summed E-state index contributed by atoms with van der Waals surface area (Å²) in [6, 6.07) is 4.36. The maximum absolute atomic E-state index is 12.9. The summed E-state index contributed by atoms with van der Waals surface area (Å²) >= 11 is 0. The lowest BCUT2D eigenvalue weighted by atomic mass is 10.2. The molecule has 1 amide bonds. The number of amides is 1. The van der Waals surface area contributed by atoms with E-state index in [0.717, 1.165) is 6.26 Å². The second kappa shape index (κ2) is 6.88. The molecule has 132 valence electrons. The zero-order chi connectivity index (χ0) is 18.1. The molecular formula is C15H21N3O5S. The molecule has 9 heteroatoms.